The maximum Gasteiger partial charge on any atom is 0.138 e. The molecule has 3 aromatic rings. The van der Waals surface area contributed by atoms with Crippen molar-refractivity contribution in [1.82, 2.24) is 20.2 Å². The fraction of sp³-hybridized carbons (Fsp3) is 0.250. The summed E-state index contributed by atoms with van der Waals surface area (Å²) < 4.78 is 7.01. The van der Waals surface area contributed by atoms with Crippen molar-refractivity contribution in [2.24, 2.45) is 0 Å². The molecule has 0 aliphatic carbocycles. The molecular weight excluding hydrogens is 216 g/mol. The Kier molecular flexibility index (Phi) is 2.18. The molecule has 2 heterocycles. The van der Waals surface area contributed by atoms with Crippen LogP contribution < -0.4 is 0 Å². The van der Waals surface area contributed by atoms with Crippen LogP contribution in [0.25, 0.3) is 11.0 Å². The van der Waals surface area contributed by atoms with Crippen molar-refractivity contribution in [3.63, 3.8) is 0 Å². The Morgan fingerprint density at radius 1 is 1.24 bits per heavy atom. The maximum absolute atomic E-state index is 5.14. The quantitative estimate of drug-likeness (QED) is 0.673. The minimum Gasteiger partial charge on any atom is -0.361 e. The van der Waals surface area contributed by atoms with E-state index in [1.165, 1.54) is 0 Å². The molecule has 3 rings (SSSR count). The average Bonchev–Trinajstić information content (AvgIpc) is 2.88. The SMILES string of the molecule is Cc1noc(C)c1Cn1nnc2ccccc21. The third-order valence-electron chi connectivity index (χ3n) is 2.91. The van der Waals surface area contributed by atoms with Gasteiger partial charge in [-0.25, -0.2) is 4.68 Å². The van der Waals surface area contributed by atoms with E-state index in [4.69, 9.17) is 4.52 Å². The first kappa shape index (κ1) is 10.0. The lowest BCUT2D eigenvalue weighted by molar-refractivity contribution is 0.391. The molecule has 0 saturated carbocycles. The van der Waals surface area contributed by atoms with Gasteiger partial charge in [0.05, 0.1) is 17.8 Å². The van der Waals surface area contributed by atoms with E-state index >= 15 is 0 Å². The van der Waals surface area contributed by atoms with Gasteiger partial charge in [-0.05, 0) is 26.0 Å². The van der Waals surface area contributed by atoms with Crippen molar-refractivity contribution in [3.05, 3.63) is 41.3 Å². The topological polar surface area (TPSA) is 56.7 Å². The molecule has 0 spiro atoms. The van der Waals surface area contributed by atoms with Gasteiger partial charge in [-0.2, -0.15) is 0 Å². The van der Waals surface area contributed by atoms with E-state index in [1.54, 1.807) is 0 Å². The minimum atomic E-state index is 0.641. The Hall–Kier alpha value is -2.17. The third-order valence-corrected chi connectivity index (χ3v) is 2.91. The van der Waals surface area contributed by atoms with E-state index in [-0.39, 0.29) is 0 Å². The molecule has 0 radical (unpaired) electrons. The molecule has 0 aliphatic heterocycles. The molecule has 2 aromatic heterocycles. The van der Waals surface area contributed by atoms with Crippen LogP contribution >= 0.6 is 0 Å². The van der Waals surface area contributed by atoms with E-state index < -0.39 is 0 Å². The third kappa shape index (κ3) is 1.60. The average molecular weight is 228 g/mol. The first-order chi connectivity index (χ1) is 8.25. The Bertz CT molecular complexity index is 649. The molecule has 5 nitrogen and oxygen atoms in total. The highest BCUT2D eigenvalue weighted by Gasteiger charge is 2.11. The van der Waals surface area contributed by atoms with E-state index in [2.05, 4.69) is 15.5 Å². The molecule has 0 fully saturated rings. The van der Waals surface area contributed by atoms with Gasteiger partial charge in [-0.3, -0.25) is 0 Å². The number of fused-ring (bicyclic) bond motifs is 1. The molecule has 0 aliphatic rings. The van der Waals surface area contributed by atoms with Crippen LogP contribution in [0.5, 0.6) is 0 Å². The fourth-order valence-corrected chi connectivity index (χ4v) is 1.91. The first-order valence-corrected chi connectivity index (χ1v) is 5.45. The van der Waals surface area contributed by atoms with Crippen LogP contribution in [0.4, 0.5) is 0 Å². The normalized spacial score (nSPS) is 11.2. The lowest BCUT2D eigenvalue weighted by atomic mass is 10.2. The predicted molar refractivity (Wildman–Crippen MR) is 62.6 cm³/mol. The Morgan fingerprint density at radius 3 is 2.82 bits per heavy atom. The van der Waals surface area contributed by atoms with Gasteiger partial charge in [-0.1, -0.05) is 22.5 Å². The van der Waals surface area contributed by atoms with Crippen molar-refractivity contribution < 1.29 is 4.52 Å². The highest BCUT2D eigenvalue weighted by Crippen LogP contribution is 2.16. The number of para-hydroxylation sites is 1. The zero-order chi connectivity index (χ0) is 11.8. The van der Waals surface area contributed by atoms with Crippen LogP contribution in [-0.2, 0) is 6.54 Å². The zero-order valence-corrected chi connectivity index (χ0v) is 9.71. The molecule has 5 heteroatoms. The molecule has 0 atom stereocenters. The van der Waals surface area contributed by atoms with Gasteiger partial charge in [-0.15, -0.1) is 5.10 Å². The summed E-state index contributed by atoms with van der Waals surface area (Å²) in [5.41, 5.74) is 3.90. The van der Waals surface area contributed by atoms with E-state index in [0.29, 0.717) is 6.54 Å². The van der Waals surface area contributed by atoms with Crippen LogP contribution in [0.15, 0.2) is 28.8 Å². The second-order valence-electron chi connectivity index (χ2n) is 4.04. The molecule has 0 amide bonds. The van der Waals surface area contributed by atoms with Crippen molar-refractivity contribution in [3.8, 4) is 0 Å². The van der Waals surface area contributed by atoms with Gasteiger partial charge in [0.1, 0.15) is 11.3 Å². The summed E-state index contributed by atoms with van der Waals surface area (Å²) in [6.45, 7) is 4.49. The van der Waals surface area contributed by atoms with Gasteiger partial charge in [0.25, 0.3) is 0 Å². The molecular formula is C12H12N4O. The second-order valence-corrected chi connectivity index (χ2v) is 4.04. The van der Waals surface area contributed by atoms with Gasteiger partial charge >= 0.3 is 0 Å². The Morgan fingerprint density at radius 2 is 2.06 bits per heavy atom. The number of rotatable bonds is 2. The van der Waals surface area contributed by atoms with Crippen LogP contribution in [0.2, 0.25) is 0 Å². The highest BCUT2D eigenvalue weighted by atomic mass is 16.5. The fourth-order valence-electron chi connectivity index (χ4n) is 1.91. The van der Waals surface area contributed by atoms with E-state index in [9.17, 15) is 0 Å². The van der Waals surface area contributed by atoms with Crippen molar-refractivity contribution in [2.45, 2.75) is 20.4 Å². The monoisotopic (exact) mass is 228 g/mol. The second kappa shape index (κ2) is 3.69. The van der Waals surface area contributed by atoms with Crippen molar-refractivity contribution in [1.29, 1.82) is 0 Å². The highest BCUT2D eigenvalue weighted by molar-refractivity contribution is 5.73. The van der Waals surface area contributed by atoms with Crippen LogP contribution in [0.3, 0.4) is 0 Å². The summed E-state index contributed by atoms with van der Waals surface area (Å²) >= 11 is 0. The zero-order valence-electron chi connectivity index (χ0n) is 9.71. The number of nitrogens with zero attached hydrogens (tertiary/aromatic N) is 4. The van der Waals surface area contributed by atoms with Gasteiger partial charge in [0, 0.05) is 5.56 Å². The molecule has 86 valence electrons. The van der Waals surface area contributed by atoms with Gasteiger partial charge < -0.3 is 4.52 Å². The summed E-state index contributed by atoms with van der Waals surface area (Å²) in [5.74, 6) is 0.835. The largest absolute Gasteiger partial charge is 0.361 e. The number of benzene rings is 1. The Balaban J connectivity index is 2.06. The van der Waals surface area contributed by atoms with Crippen molar-refractivity contribution >= 4 is 11.0 Å². The molecule has 0 saturated heterocycles. The standard InChI is InChI=1S/C12H12N4O/c1-8-10(9(2)17-14-8)7-16-12-6-4-3-5-11(12)13-15-16/h3-6H,7H2,1-2H3. The summed E-state index contributed by atoms with van der Waals surface area (Å²) in [7, 11) is 0. The number of aromatic nitrogens is 4. The van der Waals surface area contributed by atoms with Crippen molar-refractivity contribution in [2.75, 3.05) is 0 Å². The molecule has 0 unspecified atom stereocenters. The van der Waals surface area contributed by atoms with Gasteiger partial charge in [0.15, 0.2) is 0 Å². The smallest absolute Gasteiger partial charge is 0.138 e. The maximum atomic E-state index is 5.14. The summed E-state index contributed by atoms with van der Waals surface area (Å²) in [4.78, 5) is 0. The summed E-state index contributed by atoms with van der Waals surface area (Å²) in [6, 6.07) is 7.90. The molecule has 0 bridgehead atoms. The van der Waals surface area contributed by atoms with E-state index in [1.807, 2.05) is 42.8 Å². The molecule has 1 aromatic carbocycles. The molecule has 17 heavy (non-hydrogen) atoms. The first-order valence-electron chi connectivity index (χ1n) is 5.45. The lowest BCUT2D eigenvalue weighted by Crippen LogP contribution is -2.03. The summed E-state index contributed by atoms with van der Waals surface area (Å²) in [6.07, 6.45) is 0. The van der Waals surface area contributed by atoms with Crippen LogP contribution in [-0.4, -0.2) is 20.2 Å². The Labute approximate surface area is 98.0 Å². The number of hydrogen-bond acceptors (Lipinski definition) is 4. The van der Waals surface area contributed by atoms with Crippen LogP contribution in [0, 0.1) is 13.8 Å². The van der Waals surface area contributed by atoms with E-state index in [0.717, 1.165) is 28.1 Å². The minimum absolute atomic E-state index is 0.641. The lowest BCUT2D eigenvalue weighted by Gasteiger charge is -2.01. The van der Waals surface area contributed by atoms with Crippen LogP contribution in [0.1, 0.15) is 17.0 Å². The summed E-state index contributed by atoms with van der Waals surface area (Å²) in [5, 5.41) is 12.2. The number of aryl methyl sites for hydroxylation is 2. The van der Waals surface area contributed by atoms with Gasteiger partial charge in [0.2, 0.25) is 0 Å². The predicted octanol–water partition coefficient (Wildman–Crippen LogP) is 2.08. The molecule has 0 N–H and O–H groups in total. The number of hydrogen-bond donors (Lipinski definition) is 0.